The van der Waals surface area contributed by atoms with Gasteiger partial charge in [-0.1, -0.05) is 0 Å². The largest absolute Gasteiger partial charge is 0.497 e. The van der Waals surface area contributed by atoms with Crippen molar-refractivity contribution in [3.05, 3.63) is 77.1 Å². The Labute approximate surface area is 194 Å². The molecule has 5 rings (SSSR count). The lowest BCUT2D eigenvalue weighted by Gasteiger charge is -2.36. The summed E-state index contributed by atoms with van der Waals surface area (Å²) in [6, 6.07) is 15.3. The molecule has 1 amide bonds. The van der Waals surface area contributed by atoms with Crippen LogP contribution >= 0.6 is 0 Å². The number of nitrogens with zero attached hydrogens (tertiary/aromatic N) is 6. The fourth-order valence-electron chi connectivity index (χ4n) is 4.05. The lowest BCUT2D eigenvalue weighted by Crippen LogP contribution is -2.50. The Kier molecular flexibility index (Phi) is 5.70. The summed E-state index contributed by atoms with van der Waals surface area (Å²) in [5.41, 5.74) is 2.17. The number of carbonyl (C=O) groups excluding carboxylic acids is 1. The molecular formula is C24H23FN6O3. The number of piperazine rings is 1. The molecule has 0 unspecified atom stereocenters. The maximum atomic E-state index is 13.2. The minimum absolute atomic E-state index is 0.144. The third-order valence-corrected chi connectivity index (χ3v) is 5.98. The van der Waals surface area contributed by atoms with E-state index in [1.165, 1.54) is 23.0 Å². The summed E-state index contributed by atoms with van der Waals surface area (Å²) >= 11 is 0. The summed E-state index contributed by atoms with van der Waals surface area (Å²) in [6.45, 7) is 2.37. The average Bonchev–Trinajstić information content (AvgIpc) is 3.31. The molecule has 174 valence electrons. The Hall–Kier alpha value is -4.21. The predicted octanol–water partition coefficient (Wildman–Crippen LogP) is 2.05. The maximum Gasteiger partial charge on any atom is 0.293 e. The van der Waals surface area contributed by atoms with Gasteiger partial charge < -0.3 is 14.5 Å². The number of carbonyl (C=O) groups is 1. The van der Waals surface area contributed by atoms with Gasteiger partial charge in [0.15, 0.2) is 0 Å². The van der Waals surface area contributed by atoms with Gasteiger partial charge in [-0.25, -0.2) is 13.6 Å². The number of benzene rings is 2. The number of aromatic nitrogens is 4. The van der Waals surface area contributed by atoms with E-state index in [1.807, 2.05) is 24.3 Å². The van der Waals surface area contributed by atoms with Crippen molar-refractivity contribution in [3.63, 3.8) is 0 Å². The Balaban J connectivity index is 1.26. The smallest absolute Gasteiger partial charge is 0.293 e. The first kappa shape index (κ1) is 21.6. The summed E-state index contributed by atoms with van der Waals surface area (Å²) in [5.74, 6) is 0.293. The Morgan fingerprint density at radius 1 is 1.03 bits per heavy atom. The van der Waals surface area contributed by atoms with Crippen molar-refractivity contribution >= 4 is 17.1 Å². The van der Waals surface area contributed by atoms with E-state index in [-0.39, 0.29) is 18.3 Å². The number of methoxy groups -OCH3 is 1. The normalized spacial score (nSPS) is 13.9. The van der Waals surface area contributed by atoms with Crippen LogP contribution in [0.25, 0.3) is 16.8 Å². The van der Waals surface area contributed by atoms with Gasteiger partial charge in [0.1, 0.15) is 30.0 Å². The zero-order chi connectivity index (χ0) is 23.7. The van der Waals surface area contributed by atoms with Gasteiger partial charge in [0.25, 0.3) is 5.56 Å². The molecule has 0 N–H and O–H groups in total. The number of amides is 1. The van der Waals surface area contributed by atoms with Gasteiger partial charge in [-0.2, -0.15) is 10.2 Å². The van der Waals surface area contributed by atoms with Crippen molar-refractivity contribution in [2.24, 2.45) is 0 Å². The highest BCUT2D eigenvalue weighted by molar-refractivity contribution is 5.76. The molecule has 0 aliphatic carbocycles. The molecule has 2 aromatic carbocycles. The van der Waals surface area contributed by atoms with Gasteiger partial charge in [0.05, 0.1) is 12.8 Å². The molecule has 10 heteroatoms. The third kappa shape index (κ3) is 4.21. The number of hydrogen-bond acceptors (Lipinski definition) is 6. The Morgan fingerprint density at radius 3 is 2.41 bits per heavy atom. The topological polar surface area (TPSA) is 85.0 Å². The molecule has 0 radical (unpaired) electrons. The number of halogens is 1. The highest BCUT2D eigenvalue weighted by atomic mass is 19.1. The van der Waals surface area contributed by atoms with Crippen LogP contribution in [0.5, 0.6) is 5.75 Å². The van der Waals surface area contributed by atoms with Gasteiger partial charge in [-0.05, 0) is 54.6 Å². The van der Waals surface area contributed by atoms with E-state index >= 15 is 0 Å². The Morgan fingerprint density at radius 2 is 1.74 bits per heavy atom. The van der Waals surface area contributed by atoms with Crippen LogP contribution in [-0.4, -0.2) is 63.5 Å². The number of fused-ring (bicyclic) bond motifs is 1. The van der Waals surface area contributed by atoms with Gasteiger partial charge >= 0.3 is 0 Å². The van der Waals surface area contributed by atoms with Gasteiger partial charge in [-0.15, -0.1) is 0 Å². The van der Waals surface area contributed by atoms with Crippen LogP contribution in [0.15, 0.2) is 65.7 Å². The van der Waals surface area contributed by atoms with Gasteiger partial charge in [0.2, 0.25) is 5.91 Å². The molecule has 1 saturated heterocycles. The zero-order valence-electron chi connectivity index (χ0n) is 18.6. The SMILES string of the molecule is COc1ccc(N2CCN(C(=O)Cn3ncn4nc(-c5ccc(F)cc5)cc4c3=O)CC2)cc1. The highest BCUT2D eigenvalue weighted by Crippen LogP contribution is 2.21. The predicted molar refractivity (Wildman–Crippen MR) is 124 cm³/mol. The van der Waals surface area contributed by atoms with Crippen molar-refractivity contribution in [3.8, 4) is 17.0 Å². The van der Waals surface area contributed by atoms with Crippen molar-refractivity contribution in [1.29, 1.82) is 0 Å². The molecule has 1 aliphatic heterocycles. The molecule has 4 aromatic rings. The fourth-order valence-corrected chi connectivity index (χ4v) is 4.05. The Bertz CT molecular complexity index is 1370. The first-order valence-corrected chi connectivity index (χ1v) is 10.9. The monoisotopic (exact) mass is 462 g/mol. The maximum absolute atomic E-state index is 13.2. The van der Waals surface area contributed by atoms with Crippen molar-refractivity contribution < 1.29 is 13.9 Å². The average molecular weight is 462 g/mol. The van der Waals surface area contributed by atoms with E-state index in [9.17, 15) is 14.0 Å². The molecule has 2 aromatic heterocycles. The number of rotatable bonds is 5. The van der Waals surface area contributed by atoms with Gasteiger partial charge in [0, 0.05) is 37.4 Å². The molecule has 1 fully saturated rings. The fraction of sp³-hybridized carbons (Fsp3) is 0.250. The molecule has 0 atom stereocenters. The van der Waals surface area contributed by atoms with Crippen LogP contribution in [0.4, 0.5) is 10.1 Å². The van der Waals surface area contributed by atoms with Crippen molar-refractivity contribution in [2.75, 3.05) is 38.2 Å². The summed E-state index contributed by atoms with van der Waals surface area (Å²) in [7, 11) is 1.63. The summed E-state index contributed by atoms with van der Waals surface area (Å²) in [6.07, 6.45) is 1.40. The van der Waals surface area contributed by atoms with Crippen LogP contribution in [0, 0.1) is 5.82 Å². The van der Waals surface area contributed by atoms with Crippen molar-refractivity contribution in [1.82, 2.24) is 24.3 Å². The standard InChI is InChI=1S/C24H23FN6O3/c1-34-20-8-6-19(7-9-20)28-10-12-29(13-11-28)23(32)15-30-24(33)22-14-21(27-31(22)16-26-30)17-2-4-18(25)5-3-17/h2-9,14,16H,10-13,15H2,1H3. The molecule has 34 heavy (non-hydrogen) atoms. The van der Waals surface area contributed by atoms with E-state index < -0.39 is 5.56 Å². The van der Waals surface area contributed by atoms with Crippen LogP contribution in [0.2, 0.25) is 0 Å². The number of hydrogen-bond donors (Lipinski definition) is 0. The van der Waals surface area contributed by atoms with E-state index in [0.717, 1.165) is 16.1 Å². The van der Waals surface area contributed by atoms with Crippen LogP contribution in [0.3, 0.4) is 0 Å². The summed E-state index contributed by atoms with van der Waals surface area (Å²) < 4.78 is 20.9. The molecule has 1 aliphatic rings. The molecule has 0 saturated carbocycles. The molecular weight excluding hydrogens is 439 g/mol. The first-order valence-electron chi connectivity index (χ1n) is 10.9. The molecule has 9 nitrogen and oxygen atoms in total. The van der Waals surface area contributed by atoms with E-state index in [2.05, 4.69) is 15.1 Å². The lowest BCUT2D eigenvalue weighted by atomic mass is 10.1. The van der Waals surface area contributed by atoms with Gasteiger partial charge in [-0.3, -0.25) is 9.59 Å². The van der Waals surface area contributed by atoms with Crippen LogP contribution < -0.4 is 15.2 Å². The zero-order valence-corrected chi connectivity index (χ0v) is 18.6. The summed E-state index contributed by atoms with van der Waals surface area (Å²) in [5, 5.41) is 8.46. The van der Waals surface area contributed by atoms with E-state index in [4.69, 9.17) is 4.74 Å². The first-order chi connectivity index (χ1) is 16.5. The van der Waals surface area contributed by atoms with Crippen LogP contribution in [-0.2, 0) is 11.3 Å². The summed E-state index contributed by atoms with van der Waals surface area (Å²) in [4.78, 5) is 29.8. The second-order valence-electron chi connectivity index (χ2n) is 8.03. The second kappa shape index (κ2) is 8.97. The minimum atomic E-state index is -0.409. The number of anilines is 1. The molecule has 0 spiro atoms. The quantitative estimate of drug-likeness (QED) is 0.451. The number of ether oxygens (including phenoxy) is 1. The minimum Gasteiger partial charge on any atom is -0.497 e. The molecule has 3 heterocycles. The van der Waals surface area contributed by atoms with E-state index in [0.29, 0.717) is 43.0 Å². The molecule has 0 bridgehead atoms. The third-order valence-electron chi connectivity index (χ3n) is 5.98. The van der Waals surface area contributed by atoms with E-state index in [1.54, 1.807) is 30.2 Å². The van der Waals surface area contributed by atoms with Crippen LogP contribution in [0.1, 0.15) is 0 Å². The van der Waals surface area contributed by atoms with Crippen molar-refractivity contribution in [2.45, 2.75) is 6.54 Å². The highest BCUT2D eigenvalue weighted by Gasteiger charge is 2.22. The second-order valence-corrected chi connectivity index (χ2v) is 8.03. The lowest BCUT2D eigenvalue weighted by molar-refractivity contribution is -0.132.